The number of nitrogens with zero attached hydrogens (tertiary/aromatic N) is 3. The number of rotatable bonds is 4. The fraction of sp³-hybridized carbons (Fsp3) is 0.500. The van der Waals surface area contributed by atoms with E-state index in [-0.39, 0.29) is 11.5 Å². The lowest BCUT2D eigenvalue weighted by atomic mass is 10.5. The first kappa shape index (κ1) is 8.66. The minimum absolute atomic E-state index is 0.172. The van der Waals surface area contributed by atoms with Crippen LogP contribution in [-0.4, -0.2) is 23.5 Å². The van der Waals surface area contributed by atoms with Crippen LogP contribution in [0.25, 0.3) is 0 Å². The summed E-state index contributed by atoms with van der Waals surface area (Å²) in [4.78, 5) is 10.1. The van der Waals surface area contributed by atoms with Gasteiger partial charge in [-0.25, -0.2) is 4.68 Å². The van der Waals surface area contributed by atoms with E-state index in [4.69, 9.17) is 10.5 Å². The van der Waals surface area contributed by atoms with Crippen molar-refractivity contribution in [3.8, 4) is 0 Å². The Hall–Kier alpha value is -1.43. The second-order valence-electron chi connectivity index (χ2n) is 2.22. The van der Waals surface area contributed by atoms with E-state index < -0.39 is 0 Å². The van der Waals surface area contributed by atoms with Gasteiger partial charge < -0.3 is 10.5 Å². The predicted molar refractivity (Wildman–Crippen MR) is 44.0 cm³/mol. The third-order valence-electron chi connectivity index (χ3n) is 1.47. The highest BCUT2D eigenvalue weighted by molar-refractivity contribution is 5.56. The topological polar surface area (TPSA) is 82.5 Å². The monoisotopic (exact) mass is 170 g/mol. The van der Waals surface area contributed by atoms with Crippen molar-refractivity contribution in [3.05, 3.63) is 11.1 Å². The second kappa shape index (κ2) is 3.82. The molecule has 0 unspecified atom stereocenters. The minimum atomic E-state index is 0.172. The fourth-order valence-electron chi connectivity index (χ4n) is 0.811. The fourth-order valence-corrected chi connectivity index (χ4v) is 0.811. The quantitative estimate of drug-likeness (QED) is 0.667. The smallest absolute Gasteiger partial charge is 0.169 e. The number of hydrogen-bond acceptors (Lipinski definition) is 5. The van der Waals surface area contributed by atoms with E-state index in [1.807, 2.05) is 0 Å². The number of nitrogens with two attached hydrogens (primary N) is 1. The van der Waals surface area contributed by atoms with Gasteiger partial charge in [-0.2, -0.15) is 5.10 Å². The molecule has 1 rings (SSSR count). The van der Waals surface area contributed by atoms with E-state index >= 15 is 0 Å². The van der Waals surface area contributed by atoms with E-state index in [0.717, 1.165) is 0 Å². The molecule has 0 atom stereocenters. The van der Waals surface area contributed by atoms with Crippen LogP contribution >= 0.6 is 0 Å². The van der Waals surface area contributed by atoms with Gasteiger partial charge in [0.25, 0.3) is 0 Å². The van der Waals surface area contributed by atoms with Crippen LogP contribution in [0.1, 0.15) is 0 Å². The van der Waals surface area contributed by atoms with E-state index in [9.17, 15) is 4.91 Å². The summed E-state index contributed by atoms with van der Waals surface area (Å²) >= 11 is 0. The number of anilines is 1. The molecule has 0 saturated carbocycles. The SMILES string of the molecule is COCCn1ncc(N=O)c1N. The van der Waals surface area contributed by atoms with Crippen LogP contribution in [0.15, 0.2) is 11.4 Å². The molecule has 6 nitrogen and oxygen atoms in total. The third-order valence-corrected chi connectivity index (χ3v) is 1.47. The Morgan fingerprint density at radius 2 is 2.58 bits per heavy atom. The average molecular weight is 170 g/mol. The molecule has 0 aliphatic heterocycles. The molecule has 1 aromatic heterocycles. The third kappa shape index (κ3) is 1.59. The number of nitroso groups, excluding NO2 is 1. The van der Waals surface area contributed by atoms with Gasteiger partial charge in [-0.1, -0.05) is 0 Å². The van der Waals surface area contributed by atoms with Gasteiger partial charge in [0.15, 0.2) is 11.5 Å². The lowest BCUT2D eigenvalue weighted by Crippen LogP contribution is -2.08. The summed E-state index contributed by atoms with van der Waals surface area (Å²) in [6, 6.07) is 0. The van der Waals surface area contributed by atoms with Crippen LogP contribution in [-0.2, 0) is 11.3 Å². The maximum atomic E-state index is 10.1. The van der Waals surface area contributed by atoms with Gasteiger partial charge in [-0.3, -0.25) is 0 Å². The minimum Gasteiger partial charge on any atom is -0.383 e. The Morgan fingerprint density at radius 1 is 1.83 bits per heavy atom. The van der Waals surface area contributed by atoms with Crippen LogP contribution in [0, 0.1) is 4.91 Å². The maximum absolute atomic E-state index is 10.1. The number of methoxy groups -OCH3 is 1. The summed E-state index contributed by atoms with van der Waals surface area (Å²) in [7, 11) is 1.58. The molecule has 12 heavy (non-hydrogen) atoms. The largest absolute Gasteiger partial charge is 0.383 e. The first-order valence-electron chi connectivity index (χ1n) is 3.43. The summed E-state index contributed by atoms with van der Waals surface area (Å²) in [5, 5.41) is 6.54. The zero-order valence-corrected chi connectivity index (χ0v) is 6.73. The number of ether oxygens (including phenoxy) is 1. The predicted octanol–water partition coefficient (Wildman–Crippen LogP) is 0.510. The molecule has 0 bridgehead atoms. The van der Waals surface area contributed by atoms with Crippen LogP contribution in [0.3, 0.4) is 0 Å². The van der Waals surface area contributed by atoms with Crippen molar-refractivity contribution in [3.63, 3.8) is 0 Å². The van der Waals surface area contributed by atoms with Crippen molar-refractivity contribution in [2.24, 2.45) is 5.18 Å². The summed E-state index contributed by atoms with van der Waals surface area (Å²) in [5.74, 6) is 0.280. The molecule has 2 N–H and O–H groups in total. The molecule has 0 spiro atoms. The molecule has 0 aliphatic carbocycles. The first-order chi connectivity index (χ1) is 5.79. The van der Waals surface area contributed by atoms with Crippen LogP contribution in [0.4, 0.5) is 11.5 Å². The average Bonchev–Trinajstić information content (AvgIpc) is 2.43. The van der Waals surface area contributed by atoms with Crippen molar-refractivity contribution in [2.75, 3.05) is 19.5 Å². The van der Waals surface area contributed by atoms with Gasteiger partial charge in [0.2, 0.25) is 0 Å². The standard InChI is InChI=1S/C6H10N4O2/c1-12-3-2-10-6(7)5(9-11)4-8-10/h4H,2-3,7H2,1H3. The van der Waals surface area contributed by atoms with E-state index in [1.54, 1.807) is 7.11 Å². The van der Waals surface area contributed by atoms with Gasteiger partial charge >= 0.3 is 0 Å². The van der Waals surface area contributed by atoms with Crippen molar-refractivity contribution in [2.45, 2.75) is 6.54 Å². The lowest BCUT2D eigenvalue weighted by molar-refractivity contribution is 0.184. The normalized spacial score (nSPS) is 10.1. The van der Waals surface area contributed by atoms with Crippen molar-refractivity contribution in [1.82, 2.24) is 9.78 Å². The Bertz CT molecular complexity index is 271. The molecule has 0 aromatic carbocycles. The Morgan fingerprint density at radius 3 is 3.08 bits per heavy atom. The Kier molecular flexibility index (Phi) is 2.76. The molecule has 1 heterocycles. The van der Waals surface area contributed by atoms with Gasteiger partial charge in [0.1, 0.15) is 0 Å². The molecule has 0 amide bonds. The van der Waals surface area contributed by atoms with E-state index in [0.29, 0.717) is 13.2 Å². The van der Waals surface area contributed by atoms with Gasteiger partial charge in [-0.05, 0) is 5.18 Å². The molecule has 66 valence electrons. The lowest BCUT2D eigenvalue weighted by Gasteiger charge is -2.01. The number of aromatic nitrogens is 2. The van der Waals surface area contributed by atoms with Crippen molar-refractivity contribution < 1.29 is 4.74 Å². The second-order valence-corrected chi connectivity index (χ2v) is 2.22. The summed E-state index contributed by atoms with van der Waals surface area (Å²) < 4.78 is 6.29. The van der Waals surface area contributed by atoms with E-state index in [2.05, 4.69) is 10.3 Å². The van der Waals surface area contributed by atoms with Gasteiger partial charge in [0, 0.05) is 7.11 Å². The zero-order valence-electron chi connectivity index (χ0n) is 6.73. The van der Waals surface area contributed by atoms with Crippen molar-refractivity contribution >= 4 is 11.5 Å². The molecule has 0 radical (unpaired) electrons. The molecule has 0 fully saturated rings. The summed E-state index contributed by atoms with van der Waals surface area (Å²) in [6.07, 6.45) is 1.33. The zero-order chi connectivity index (χ0) is 8.97. The molecule has 1 aromatic rings. The summed E-state index contributed by atoms with van der Waals surface area (Å²) in [6.45, 7) is 1.03. The van der Waals surface area contributed by atoms with Gasteiger partial charge in [0.05, 0.1) is 19.3 Å². The number of nitrogen functional groups attached to an aromatic ring is 1. The van der Waals surface area contributed by atoms with E-state index in [1.165, 1.54) is 10.9 Å². The number of hydrogen-bond donors (Lipinski definition) is 1. The maximum Gasteiger partial charge on any atom is 0.169 e. The summed E-state index contributed by atoms with van der Waals surface area (Å²) in [5.41, 5.74) is 5.68. The molecular formula is C6H10N4O2. The van der Waals surface area contributed by atoms with Crippen molar-refractivity contribution in [1.29, 1.82) is 0 Å². The van der Waals surface area contributed by atoms with Crippen LogP contribution < -0.4 is 5.73 Å². The highest BCUT2D eigenvalue weighted by Gasteiger charge is 2.05. The molecule has 0 aliphatic rings. The Labute approximate surface area is 69.3 Å². The molecular weight excluding hydrogens is 160 g/mol. The van der Waals surface area contributed by atoms with Crippen LogP contribution in [0.5, 0.6) is 0 Å². The Balaban J connectivity index is 2.72. The molecule has 0 saturated heterocycles. The molecule has 6 heteroatoms. The highest BCUT2D eigenvalue weighted by atomic mass is 16.5. The van der Waals surface area contributed by atoms with Gasteiger partial charge in [-0.15, -0.1) is 4.91 Å². The van der Waals surface area contributed by atoms with Crippen LogP contribution in [0.2, 0.25) is 0 Å². The highest BCUT2D eigenvalue weighted by Crippen LogP contribution is 2.19. The first-order valence-corrected chi connectivity index (χ1v) is 3.43.